The number of unbranched alkanes of at least 4 members (excludes halogenated alkanes) is 25. The summed E-state index contributed by atoms with van der Waals surface area (Å²) < 4.78 is 33.1. The van der Waals surface area contributed by atoms with Gasteiger partial charge in [0, 0.05) is 19.4 Å². The minimum absolute atomic E-state index is 0.0452. The Labute approximate surface area is 497 Å². The van der Waals surface area contributed by atoms with Crippen molar-refractivity contribution >= 4 is 19.8 Å². The summed E-state index contributed by atoms with van der Waals surface area (Å²) >= 11 is 0. The van der Waals surface area contributed by atoms with Gasteiger partial charge in [-0.05, 0) is 116 Å². The molecular weight excluding hydrogens is 1030 g/mol. The van der Waals surface area contributed by atoms with E-state index < -0.39 is 26.5 Å². The van der Waals surface area contributed by atoms with Gasteiger partial charge in [0.2, 0.25) is 0 Å². The number of ether oxygens (including phenoxy) is 2. The average molecular weight is 1150 g/mol. The van der Waals surface area contributed by atoms with Crippen LogP contribution in [0, 0.1) is 0 Å². The lowest BCUT2D eigenvalue weighted by atomic mass is 10.0. The molecule has 2 atom stereocenters. The first kappa shape index (κ1) is 77.2. The molecule has 0 spiro atoms. The number of hydrogen-bond acceptors (Lipinski definition) is 8. The third-order valence-corrected chi connectivity index (χ3v) is 14.5. The van der Waals surface area contributed by atoms with E-state index in [9.17, 15) is 19.0 Å². The molecule has 0 amide bonds. The molecule has 9 nitrogen and oxygen atoms in total. The minimum Gasteiger partial charge on any atom is -0.462 e. The zero-order chi connectivity index (χ0) is 58.7. The third-order valence-electron chi connectivity index (χ3n) is 13.5. The summed E-state index contributed by atoms with van der Waals surface area (Å²) in [6.07, 6.45) is 92.3. The summed E-state index contributed by atoms with van der Waals surface area (Å²) in [5.74, 6) is -0.844. The summed E-state index contributed by atoms with van der Waals surface area (Å²) in [7, 11) is -4.40. The van der Waals surface area contributed by atoms with E-state index in [2.05, 4.69) is 148 Å². The Balaban J connectivity index is 4.00. The summed E-state index contributed by atoms with van der Waals surface area (Å²) in [6.45, 7) is 3.61. The molecule has 0 heterocycles. The highest BCUT2D eigenvalue weighted by Gasteiger charge is 2.26. The molecule has 0 aromatic carbocycles. The van der Waals surface area contributed by atoms with Crippen LogP contribution in [0.25, 0.3) is 0 Å². The van der Waals surface area contributed by atoms with Crippen molar-refractivity contribution in [3.8, 4) is 0 Å². The molecule has 0 radical (unpaired) electrons. The number of esters is 2. The molecule has 0 saturated heterocycles. The largest absolute Gasteiger partial charge is 0.472 e. The first-order valence-corrected chi connectivity index (χ1v) is 34.2. The zero-order valence-corrected chi connectivity index (χ0v) is 52.6. The minimum atomic E-state index is -4.40. The SMILES string of the molecule is CC/C=C\C/C=C\C/C=C\C/C=C\C/C=C\C/C=C\C/C=C\C/C=C\C/C=C\CCCCCCCCCC(=O)OC(COC(=O)CCCCCCCCCCCCCCC/C=C\C/C=C\CCCCCCC)COP(=O)(O)OCCN. The van der Waals surface area contributed by atoms with Crippen LogP contribution in [0.5, 0.6) is 0 Å². The van der Waals surface area contributed by atoms with Crippen LogP contribution < -0.4 is 5.73 Å². The molecule has 3 N–H and O–H groups in total. The number of carbonyl (C=O) groups excluding carboxylic acids is 2. The molecule has 0 fully saturated rings. The van der Waals surface area contributed by atoms with E-state index in [4.69, 9.17) is 24.3 Å². The number of rotatable bonds is 60. The second-order valence-corrected chi connectivity index (χ2v) is 22.7. The van der Waals surface area contributed by atoms with Crippen LogP contribution in [0.3, 0.4) is 0 Å². The number of hydrogen-bond donors (Lipinski definition) is 2. The van der Waals surface area contributed by atoms with Crippen LogP contribution in [-0.4, -0.2) is 49.3 Å². The number of phosphoric ester groups is 1. The van der Waals surface area contributed by atoms with Gasteiger partial charge in [0.15, 0.2) is 6.10 Å². The molecular formula is C71H120NO8P. The van der Waals surface area contributed by atoms with Crippen molar-refractivity contribution in [1.82, 2.24) is 0 Å². The fourth-order valence-electron chi connectivity index (χ4n) is 8.72. The molecule has 0 aliphatic heterocycles. The van der Waals surface area contributed by atoms with Gasteiger partial charge in [-0.3, -0.25) is 18.6 Å². The number of nitrogens with two attached hydrogens (primary N) is 1. The van der Waals surface area contributed by atoms with E-state index in [0.29, 0.717) is 6.42 Å². The number of carbonyl (C=O) groups is 2. The van der Waals surface area contributed by atoms with E-state index >= 15 is 0 Å². The molecule has 0 saturated carbocycles. The van der Waals surface area contributed by atoms with Gasteiger partial charge < -0.3 is 20.1 Å². The maximum absolute atomic E-state index is 12.7. The summed E-state index contributed by atoms with van der Waals surface area (Å²) in [5, 5.41) is 0. The van der Waals surface area contributed by atoms with Crippen molar-refractivity contribution in [2.75, 3.05) is 26.4 Å². The molecule has 10 heteroatoms. The fourth-order valence-corrected chi connectivity index (χ4v) is 9.48. The first-order chi connectivity index (χ1) is 39.8. The van der Waals surface area contributed by atoms with Gasteiger partial charge in [0.25, 0.3) is 0 Å². The Bertz CT molecular complexity index is 1790. The topological polar surface area (TPSA) is 134 Å². The van der Waals surface area contributed by atoms with E-state index in [1.54, 1.807) is 0 Å². The molecule has 0 bridgehead atoms. The highest BCUT2D eigenvalue weighted by atomic mass is 31.2. The highest BCUT2D eigenvalue weighted by molar-refractivity contribution is 7.47. The maximum atomic E-state index is 12.7. The quantitative estimate of drug-likeness (QED) is 0.0264. The van der Waals surface area contributed by atoms with Crippen LogP contribution in [0.2, 0.25) is 0 Å². The summed E-state index contributed by atoms with van der Waals surface area (Å²) in [4.78, 5) is 35.3. The van der Waals surface area contributed by atoms with Crippen LogP contribution in [-0.2, 0) is 32.7 Å². The van der Waals surface area contributed by atoms with E-state index in [1.807, 2.05) is 0 Å². The Morgan fingerprint density at radius 1 is 0.383 bits per heavy atom. The molecule has 0 rings (SSSR count). The first-order valence-electron chi connectivity index (χ1n) is 32.7. The van der Waals surface area contributed by atoms with Crippen LogP contribution in [0.4, 0.5) is 0 Å². The zero-order valence-electron chi connectivity index (χ0n) is 51.7. The van der Waals surface area contributed by atoms with Gasteiger partial charge in [0.05, 0.1) is 13.2 Å². The predicted molar refractivity (Wildman–Crippen MR) is 348 cm³/mol. The second-order valence-electron chi connectivity index (χ2n) is 21.2. The van der Waals surface area contributed by atoms with Crippen molar-refractivity contribution in [2.24, 2.45) is 5.73 Å². The maximum Gasteiger partial charge on any atom is 0.472 e. The molecule has 0 aromatic heterocycles. The van der Waals surface area contributed by atoms with E-state index in [0.717, 1.165) is 109 Å². The predicted octanol–water partition coefficient (Wildman–Crippen LogP) is 21.3. The van der Waals surface area contributed by atoms with E-state index in [1.165, 1.54) is 128 Å². The Morgan fingerprint density at radius 2 is 0.679 bits per heavy atom. The van der Waals surface area contributed by atoms with Gasteiger partial charge in [0.1, 0.15) is 6.61 Å². The normalized spacial score (nSPS) is 13.9. The lowest BCUT2D eigenvalue weighted by Crippen LogP contribution is -2.29. The lowest BCUT2D eigenvalue weighted by molar-refractivity contribution is -0.161. The van der Waals surface area contributed by atoms with Crippen molar-refractivity contribution in [1.29, 1.82) is 0 Å². The van der Waals surface area contributed by atoms with Crippen LogP contribution in [0.15, 0.2) is 134 Å². The Hall–Kier alpha value is -3.85. The van der Waals surface area contributed by atoms with Crippen molar-refractivity contribution in [2.45, 2.75) is 277 Å². The van der Waals surface area contributed by atoms with Crippen molar-refractivity contribution in [3.05, 3.63) is 134 Å². The van der Waals surface area contributed by atoms with E-state index in [-0.39, 0.29) is 38.6 Å². The van der Waals surface area contributed by atoms with Gasteiger partial charge >= 0.3 is 19.8 Å². The summed E-state index contributed by atoms with van der Waals surface area (Å²) in [5.41, 5.74) is 5.39. The summed E-state index contributed by atoms with van der Waals surface area (Å²) in [6, 6.07) is 0. The molecule has 2 unspecified atom stereocenters. The lowest BCUT2D eigenvalue weighted by Gasteiger charge is -2.19. The number of phosphoric acid groups is 1. The smallest absolute Gasteiger partial charge is 0.462 e. The monoisotopic (exact) mass is 1150 g/mol. The van der Waals surface area contributed by atoms with Crippen molar-refractivity contribution < 1.29 is 37.6 Å². The van der Waals surface area contributed by atoms with Gasteiger partial charge in [-0.1, -0.05) is 276 Å². The average Bonchev–Trinajstić information content (AvgIpc) is 3.46. The molecule has 0 aliphatic carbocycles. The number of allylic oxidation sites excluding steroid dienone is 22. The van der Waals surface area contributed by atoms with Gasteiger partial charge in [-0.25, -0.2) is 4.57 Å². The highest BCUT2D eigenvalue weighted by Crippen LogP contribution is 2.43. The molecule has 0 aliphatic rings. The van der Waals surface area contributed by atoms with Gasteiger partial charge in [-0.15, -0.1) is 0 Å². The molecule has 462 valence electrons. The Kier molecular flexibility index (Phi) is 62.2. The third kappa shape index (κ3) is 65.2. The standard InChI is InChI=1S/C71H120NO8P/c1-3-5-7-9-11-13-15-17-19-21-23-25-27-29-30-31-32-33-34-35-36-37-38-40-42-44-46-48-50-52-54-56-58-60-62-64-71(74)80-69(68-79-81(75,76)78-66-65-72)67-77-70(73)63-61-59-57-55-53-51-49-47-45-43-41-39-28-26-24-22-20-18-16-14-12-10-8-6-4-2/h5,7,11,13,16-19,22-25,29-30,32-33,35-36,38,40,44,46,69H,3-4,6,8-10,12,14-15,20-21,26-28,31,34,37,39,41-43,45,47-68,72H2,1-2H3,(H,75,76)/b7-5-,13-11-,18-16-,19-17-,24-22-,25-23-,30-29-,33-32-,36-35-,40-38-,46-44-. The fraction of sp³-hybridized carbons (Fsp3) is 0.662. The van der Waals surface area contributed by atoms with Crippen LogP contribution in [0.1, 0.15) is 271 Å². The van der Waals surface area contributed by atoms with Gasteiger partial charge in [-0.2, -0.15) is 0 Å². The molecule has 81 heavy (non-hydrogen) atoms. The van der Waals surface area contributed by atoms with Crippen LogP contribution >= 0.6 is 7.82 Å². The van der Waals surface area contributed by atoms with Crippen molar-refractivity contribution in [3.63, 3.8) is 0 Å². The second kappa shape index (κ2) is 65.3. The Morgan fingerprint density at radius 3 is 1.01 bits per heavy atom. The molecule has 0 aromatic rings.